The van der Waals surface area contributed by atoms with Gasteiger partial charge < -0.3 is 4.74 Å². The van der Waals surface area contributed by atoms with Gasteiger partial charge in [-0.1, -0.05) is 95.8 Å². The first kappa shape index (κ1) is 23.6. The number of Topliss-reactive ketones (excluding diaryl/α,β-unsaturated/α-hetero) is 1. The van der Waals surface area contributed by atoms with Crippen molar-refractivity contribution in [1.82, 2.24) is 0 Å². The van der Waals surface area contributed by atoms with E-state index in [-0.39, 0.29) is 11.3 Å². The lowest BCUT2D eigenvalue weighted by atomic mass is 9.75. The molecule has 2 aromatic rings. The number of ether oxygens (including phenoxy) is 1. The second-order valence-electron chi connectivity index (χ2n) is 10.2. The normalized spacial score (nSPS) is 19.4. The predicted molar refractivity (Wildman–Crippen MR) is 130 cm³/mol. The van der Waals surface area contributed by atoms with E-state index in [1.54, 1.807) is 0 Å². The molecule has 1 aliphatic carbocycles. The van der Waals surface area contributed by atoms with Gasteiger partial charge in [0.1, 0.15) is 18.1 Å². The van der Waals surface area contributed by atoms with Gasteiger partial charge in [0.2, 0.25) is 0 Å². The van der Waals surface area contributed by atoms with Crippen molar-refractivity contribution in [2.24, 2.45) is 5.92 Å². The summed E-state index contributed by atoms with van der Waals surface area (Å²) in [6, 6.07) is 17.1. The molecule has 1 aliphatic rings. The molecule has 1 saturated carbocycles. The summed E-state index contributed by atoms with van der Waals surface area (Å²) in [5, 5.41) is 0. The Kier molecular flexibility index (Phi) is 8.35. The third-order valence-electron chi connectivity index (χ3n) is 6.86. The molecular weight excluding hydrogens is 380 g/mol. The number of carbonyl (C=O) groups is 1. The SMILES string of the molecule is CCCCCCC(C)(C)c1ccc([C@@H]2CC(=O)C[C@@H](C)C2)c(OCc2ccccc2)c1. The molecule has 2 nitrogen and oxygen atoms in total. The Morgan fingerprint density at radius 3 is 2.48 bits per heavy atom. The number of rotatable bonds is 10. The van der Waals surface area contributed by atoms with Gasteiger partial charge in [-0.2, -0.15) is 0 Å². The maximum absolute atomic E-state index is 12.3. The molecule has 0 N–H and O–H groups in total. The zero-order chi connectivity index (χ0) is 22.3. The van der Waals surface area contributed by atoms with Crippen LogP contribution in [0.1, 0.15) is 102 Å². The van der Waals surface area contributed by atoms with Crippen molar-refractivity contribution in [3.8, 4) is 5.75 Å². The van der Waals surface area contributed by atoms with Gasteiger partial charge in [0.05, 0.1) is 0 Å². The van der Waals surface area contributed by atoms with Crippen LogP contribution in [0.3, 0.4) is 0 Å². The van der Waals surface area contributed by atoms with Crippen LogP contribution in [-0.4, -0.2) is 5.78 Å². The number of hydrogen-bond acceptors (Lipinski definition) is 2. The fourth-order valence-electron chi connectivity index (χ4n) is 4.93. The van der Waals surface area contributed by atoms with Gasteiger partial charge in [0.25, 0.3) is 0 Å². The molecule has 0 saturated heterocycles. The molecule has 0 bridgehead atoms. The van der Waals surface area contributed by atoms with E-state index < -0.39 is 0 Å². The van der Waals surface area contributed by atoms with E-state index in [1.165, 1.54) is 48.8 Å². The van der Waals surface area contributed by atoms with Crippen molar-refractivity contribution in [1.29, 1.82) is 0 Å². The summed E-state index contributed by atoms with van der Waals surface area (Å²) in [6.45, 7) is 9.71. The van der Waals surface area contributed by atoms with E-state index >= 15 is 0 Å². The van der Waals surface area contributed by atoms with Crippen LogP contribution in [0.4, 0.5) is 0 Å². The molecule has 1 fully saturated rings. The Balaban J connectivity index is 1.84. The van der Waals surface area contributed by atoms with E-state index in [9.17, 15) is 4.79 Å². The predicted octanol–water partition coefficient (Wildman–Crippen LogP) is 7.99. The summed E-state index contributed by atoms with van der Waals surface area (Å²) in [4.78, 5) is 12.3. The Hall–Kier alpha value is -2.09. The molecule has 31 heavy (non-hydrogen) atoms. The Labute approximate surface area is 189 Å². The molecule has 0 aliphatic heterocycles. The average molecular weight is 421 g/mol. The molecule has 0 amide bonds. The quantitative estimate of drug-likeness (QED) is 0.364. The Morgan fingerprint density at radius 2 is 1.77 bits per heavy atom. The summed E-state index contributed by atoms with van der Waals surface area (Å²) < 4.78 is 6.41. The average Bonchev–Trinajstić information content (AvgIpc) is 2.75. The van der Waals surface area contributed by atoms with Crippen molar-refractivity contribution in [3.63, 3.8) is 0 Å². The first-order valence-corrected chi connectivity index (χ1v) is 12.2. The fourth-order valence-corrected chi connectivity index (χ4v) is 4.93. The smallest absolute Gasteiger partial charge is 0.133 e. The van der Waals surface area contributed by atoms with Gasteiger partial charge in [0.15, 0.2) is 0 Å². The second-order valence-corrected chi connectivity index (χ2v) is 10.2. The maximum atomic E-state index is 12.3. The standard InChI is InChI=1S/C29H40O2/c1-5-6-7-11-16-29(3,4)25-14-15-27(24-17-22(2)18-26(30)19-24)28(20-25)31-21-23-12-9-8-10-13-23/h8-10,12-15,20,22,24H,5-7,11,16-19,21H2,1-4H3/t22-,24-/m0/s1. The monoisotopic (exact) mass is 420 g/mol. The van der Waals surface area contributed by atoms with Crippen molar-refractivity contribution < 1.29 is 9.53 Å². The van der Waals surface area contributed by atoms with E-state index in [0.29, 0.717) is 24.7 Å². The van der Waals surface area contributed by atoms with Gasteiger partial charge >= 0.3 is 0 Å². The lowest BCUT2D eigenvalue weighted by molar-refractivity contribution is -0.121. The zero-order valence-electron chi connectivity index (χ0n) is 20.0. The summed E-state index contributed by atoms with van der Waals surface area (Å²) in [5.41, 5.74) is 3.84. The number of benzene rings is 2. The molecule has 168 valence electrons. The largest absolute Gasteiger partial charge is 0.489 e. The maximum Gasteiger partial charge on any atom is 0.133 e. The van der Waals surface area contributed by atoms with Crippen LogP contribution in [0.25, 0.3) is 0 Å². The molecule has 0 aromatic heterocycles. The van der Waals surface area contributed by atoms with Crippen molar-refractivity contribution in [2.75, 3.05) is 0 Å². The van der Waals surface area contributed by atoms with Crippen molar-refractivity contribution >= 4 is 5.78 Å². The number of hydrogen-bond donors (Lipinski definition) is 0. The van der Waals surface area contributed by atoms with E-state index in [2.05, 4.69) is 70.2 Å². The number of carbonyl (C=O) groups excluding carboxylic acids is 1. The minimum Gasteiger partial charge on any atom is -0.489 e. The van der Waals surface area contributed by atoms with Crippen LogP contribution in [-0.2, 0) is 16.8 Å². The summed E-state index contributed by atoms with van der Waals surface area (Å²) in [6.07, 6.45) is 8.76. The van der Waals surface area contributed by atoms with Gasteiger partial charge in [-0.3, -0.25) is 4.79 Å². The minimum atomic E-state index is 0.118. The van der Waals surface area contributed by atoms with Crippen LogP contribution in [0.15, 0.2) is 48.5 Å². The molecule has 3 rings (SSSR count). The molecular formula is C29H40O2. The van der Waals surface area contributed by atoms with Crippen LogP contribution < -0.4 is 4.74 Å². The first-order valence-electron chi connectivity index (χ1n) is 12.2. The van der Waals surface area contributed by atoms with Crippen LogP contribution in [0, 0.1) is 5.92 Å². The van der Waals surface area contributed by atoms with Crippen LogP contribution in [0.2, 0.25) is 0 Å². The van der Waals surface area contributed by atoms with E-state index in [4.69, 9.17) is 4.74 Å². The Morgan fingerprint density at radius 1 is 1.00 bits per heavy atom. The second kappa shape index (κ2) is 11.0. The van der Waals surface area contributed by atoms with Crippen LogP contribution >= 0.6 is 0 Å². The molecule has 2 atom stereocenters. The van der Waals surface area contributed by atoms with Crippen molar-refractivity contribution in [2.45, 2.75) is 97.0 Å². The molecule has 2 heteroatoms. The molecule has 0 spiro atoms. The highest BCUT2D eigenvalue weighted by atomic mass is 16.5. The number of unbranched alkanes of at least 4 members (excludes halogenated alkanes) is 3. The highest BCUT2D eigenvalue weighted by Gasteiger charge is 2.29. The first-order chi connectivity index (χ1) is 14.9. The fraction of sp³-hybridized carbons (Fsp3) is 0.552. The van der Waals surface area contributed by atoms with E-state index in [1.807, 2.05) is 6.07 Å². The van der Waals surface area contributed by atoms with Gasteiger partial charge in [-0.25, -0.2) is 0 Å². The topological polar surface area (TPSA) is 26.3 Å². The highest BCUT2D eigenvalue weighted by molar-refractivity contribution is 5.80. The minimum absolute atomic E-state index is 0.118. The summed E-state index contributed by atoms with van der Waals surface area (Å²) in [5.74, 6) is 2.07. The molecule has 0 unspecified atom stereocenters. The van der Waals surface area contributed by atoms with Gasteiger partial charge in [-0.15, -0.1) is 0 Å². The zero-order valence-corrected chi connectivity index (χ0v) is 20.0. The molecule has 0 heterocycles. The third kappa shape index (κ3) is 6.69. The highest BCUT2D eigenvalue weighted by Crippen LogP contribution is 2.41. The molecule has 0 radical (unpaired) electrons. The lowest BCUT2D eigenvalue weighted by Gasteiger charge is -2.30. The van der Waals surface area contributed by atoms with E-state index in [0.717, 1.165) is 18.6 Å². The summed E-state index contributed by atoms with van der Waals surface area (Å²) >= 11 is 0. The number of ketones is 1. The van der Waals surface area contributed by atoms with Gasteiger partial charge in [-0.05, 0) is 52.8 Å². The lowest BCUT2D eigenvalue weighted by Crippen LogP contribution is -2.21. The third-order valence-corrected chi connectivity index (χ3v) is 6.86. The van der Waals surface area contributed by atoms with Crippen LogP contribution in [0.5, 0.6) is 5.75 Å². The summed E-state index contributed by atoms with van der Waals surface area (Å²) in [7, 11) is 0. The molecule has 2 aromatic carbocycles. The van der Waals surface area contributed by atoms with Crippen molar-refractivity contribution in [3.05, 3.63) is 65.2 Å². The van der Waals surface area contributed by atoms with Gasteiger partial charge in [0, 0.05) is 12.8 Å². The Bertz CT molecular complexity index is 837.